The van der Waals surface area contributed by atoms with Gasteiger partial charge in [0, 0.05) is 24.0 Å². The predicted molar refractivity (Wildman–Crippen MR) is 134 cm³/mol. The quantitative estimate of drug-likeness (QED) is 0.267. The largest absolute Gasteiger partial charge is 0.243 e. The number of nitrogens with zero attached hydrogens (tertiary/aromatic N) is 2. The maximum atomic E-state index is 13.8. The molecule has 4 nitrogen and oxygen atoms in total. The number of pyridine rings is 1. The van der Waals surface area contributed by atoms with Crippen molar-refractivity contribution in [1.29, 1.82) is 0 Å². The van der Waals surface area contributed by atoms with E-state index < -0.39 is 10.0 Å². The van der Waals surface area contributed by atoms with Crippen molar-refractivity contribution in [2.75, 3.05) is 0 Å². The van der Waals surface area contributed by atoms with Gasteiger partial charge in [-0.2, -0.15) is 4.31 Å². The molecule has 0 unspecified atom stereocenters. The molecule has 4 aromatic carbocycles. The summed E-state index contributed by atoms with van der Waals surface area (Å²) in [5.74, 6) is 0. The summed E-state index contributed by atoms with van der Waals surface area (Å²) in [6.07, 6.45) is 0. The summed E-state index contributed by atoms with van der Waals surface area (Å²) < 4.78 is 29.1. The molecule has 1 aromatic heterocycles. The molecule has 0 bridgehead atoms. The molecule has 1 heterocycles. The highest BCUT2D eigenvalue weighted by molar-refractivity contribution is 7.89. The molecule has 33 heavy (non-hydrogen) atoms. The van der Waals surface area contributed by atoms with E-state index >= 15 is 0 Å². The first-order chi connectivity index (χ1) is 16.0. The number of aromatic nitrogens is 1. The fraction of sp³-hybridized carbons (Fsp3) is 0.0741. The molecule has 0 radical (unpaired) electrons. The number of para-hydroxylation sites is 1. The second-order valence-corrected chi connectivity index (χ2v) is 10.2. The average molecular weight is 473 g/mol. The van der Waals surface area contributed by atoms with Crippen LogP contribution in [0.3, 0.4) is 0 Å². The molecule has 0 amide bonds. The Morgan fingerprint density at radius 1 is 0.697 bits per heavy atom. The van der Waals surface area contributed by atoms with E-state index in [4.69, 9.17) is 11.6 Å². The molecule has 0 aliphatic rings. The van der Waals surface area contributed by atoms with Crippen molar-refractivity contribution in [2.45, 2.75) is 18.0 Å². The van der Waals surface area contributed by atoms with Crippen LogP contribution in [0.1, 0.15) is 11.1 Å². The van der Waals surface area contributed by atoms with Crippen LogP contribution >= 0.6 is 11.6 Å². The minimum Gasteiger partial charge on any atom is -0.236 e. The van der Waals surface area contributed by atoms with E-state index in [0.717, 1.165) is 27.2 Å². The molecular weight excluding hydrogens is 452 g/mol. The molecule has 0 N–H and O–H groups in total. The van der Waals surface area contributed by atoms with Gasteiger partial charge in [0.2, 0.25) is 10.0 Å². The Labute approximate surface area is 198 Å². The van der Waals surface area contributed by atoms with Crippen LogP contribution in [0.2, 0.25) is 5.15 Å². The lowest BCUT2D eigenvalue weighted by Crippen LogP contribution is -2.30. The smallest absolute Gasteiger partial charge is 0.236 e. The Kier molecular flexibility index (Phi) is 5.85. The van der Waals surface area contributed by atoms with Crippen LogP contribution < -0.4 is 0 Å². The number of hydrogen-bond donors (Lipinski definition) is 0. The van der Waals surface area contributed by atoms with Gasteiger partial charge in [-0.3, -0.25) is 0 Å². The minimum absolute atomic E-state index is 0.112. The first kappa shape index (κ1) is 21.6. The van der Waals surface area contributed by atoms with Gasteiger partial charge in [0.25, 0.3) is 0 Å². The number of sulfonamides is 1. The zero-order chi connectivity index (χ0) is 22.8. The first-order valence-electron chi connectivity index (χ1n) is 10.6. The third kappa shape index (κ3) is 4.48. The lowest BCUT2D eigenvalue weighted by atomic mass is 10.1. The number of rotatable bonds is 6. The van der Waals surface area contributed by atoms with Gasteiger partial charge in [0.15, 0.2) is 0 Å². The molecule has 5 rings (SSSR count). The summed E-state index contributed by atoms with van der Waals surface area (Å²) in [6, 6.07) is 32.1. The summed E-state index contributed by atoms with van der Waals surface area (Å²) in [4.78, 5) is 4.73. The van der Waals surface area contributed by atoms with Crippen molar-refractivity contribution < 1.29 is 8.42 Å². The van der Waals surface area contributed by atoms with Crippen LogP contribution in [0.25, 0.3) is 21.7 Å². The maximum absolute atomic E-state index is 13.8. The molecule has 0 spiro atoms. The zero-order valence-electron chi connectivity index (χ0n) is 17.7. The van der Waals surface area contributed by atoms with E-state index in [1.54, 1.807) is 12.1 Å². The Bertz CT molecular complexity index is 1550. The Morgan fingerprint density at radius 3 is 2.15 bits per heavy atom. The van der Waals surface area contributed by atoms with E-state index in [-0.39, 0.29) is 18.0 Å². The van der Waals surface area contributed by atoms with E-state index in [1.165, 1.54) is 4.31 Å². The minimum atomic E-state index is -3.81. The van der Waals surface area contributed by atoms with E-state index in [0.29, 0.717) is 10.7 Å². The molecule has 0 saturated carbocycles. The van der Waals surface area contributed by atoms with Crippen molar-refractivity contribution in [2.24, 2.45) is 0 Å². The number of halogens is 1. The third-order valence-electron chi connectivity index (χ3n) is 5.66. The van der Waals surface area contributed by atoms with Crippen LogP contribution in [0.4, 0.5) is 0 Å². The van der Waals surface area contributed by atoms with Crippen molar-refractivity contribution in [3.63, 3.8) is 0 Å². The lowest BCUT2D eigenvalue weighted by molar-refractivity contribution is 0.401. The monoisotopic (exact) mass is 472 g/mol. The summed E-state index contributed by atoms with van der Waals surface area (Å²) in [7, 11) is -3.81. The number of benzene rings is 4. The Morgan fingerprint density at radius 2 is 1.36 bits per heavy atom. The normalized spacial score (nSPS) is 11.9. The maximum Gasteiger partial charge on any atom is 0.243 e. The number of hydrogen-bond acceptors (Lipinski definition) is 3. The van der Waals surface area contributed by atoms with Crippen LogP contribution in [0.15, 0.2) is 108 Å². The van der Waals surface area contributed by atoms with Crippen LogP contribution in [0.5, 0.6) is 0 Å². The molecule has 164 valence electrons. The second-order valence-electron chi connectivity index (χ2n) is 7.90. The predicted octanol–water partition coefficient (Wildman–Crippen LogP) is 6.43. The fourth-order valence-corrected chi connectivity index (χ4v) is 5.57. The summed E-state index contributed by atoms with van der Waals surface area (Å²) in [5, 5.41) is 3.09. The molecular formula is C27H21ClN2O2S. The average Bonchev–Trinajstić information content (AvgIpc) is 2.84. The van der Waals surface area contributed by atoms with Gasteiger partial charge in [-0.05, 0) is 40.6 Å². The highest BCUT2D eigenvalue weighted by Crippen LogP contribution is 2.28. The molecule has 0 atom stereocenters. The first-order valence-corrected chi connectivity index (χ1v) is 12.4. The highest BCUT2D eigenvalue weighted by atomic mass is 35.5. The van der Waals surface area contributed by atoms with E-state index in [2.05, 4.69) is 4.98 Å². The van der Waals surface area contributed by atoms with Crippen molar-refractivity contribution in [1.82, 2.24) is 9.29 Å². The van der Waals surface area contributed by atoms with Gasteiger partial charge in [-0.15, -0.1) is 0 Å². The molecule has 6 heteroatoms. The molecule has 0 aliphatic carbocycles. The molecule has 0 saturated heterocycles. The standard InChI is InChI=1S/C27H21ClN2O2S/c28-27-24(16-23-12-6-7-13-26(23)29-27)19-30(18-20-8-2-1-3-9-20)33(31,32)25-15-14-21-10-4-5-11-22(21)17-25/h1-17H,18-19H2. The topological polar surface area (TPSA) is 50.3 Å². The molecule has 0 aliphatic heterocycles. The van der Waals surface area contributed by atoms with Crippen molar-refractivity contribution in [3.05, 3.63) is 119 Å². The van der Waals surface area contributed by atoms with Gasteiger partial charge in [-0.1, -0.05) is 90.5 Å². The highest BCUT2D eigenvalue weighted by Gasteiger charge is 2.26. The van der Waals surface area contributed by atoms with Gasteiger partial charge in [0.1, 0.15) is 5.15 Å². The Balaban J connectivity index is 1.58. The summed E-state index contributed by atoms with van der Waals surface area (Å²) in [6.45, 7) is 0.333. The van der Waals surface area contributed by atoms with Crippen LogP contribution in [-0.2, 0) is 23.1 Å². The van der Waals surface area contributed by atoms with Crippen molar-refractivity contribution in [3.8, 4) is 0 Å². The third-order valence-corrected chi connectivity index (χ3v) is 7.77. The zero-order valence-corrected chi connectivity index (χ0v) is 19.3. The van der Waals surface area contributed by atoms with Crippen LogP contribution in [0, 0.1) is 0 Å². The SMILES string of the molecule is O=S(=O)(c1ccc2ccccc2c1)N(Cc1ccccc1)Cc1cc2ccccc2nc1Cl. The second kappa shape index (κ2) is 8.94. The summed E-state index contributed by atoms with van der Waals surface area (Å²) in [5.41, 5.74) is 2.33. The molecule has 0 fully saturated rings. The lowest BCUT2D eigenvalue weighted by Gasteiger charge is -2.23. The Hall–Kier alpha value is -3.25. The van der Waals surface area contributed by atoms with E-state index in [1.807, 2.05) is 91.0 Å². The van der Waals surface area contributed by atoms with Crippen LogP contribution in [-0.4, -0.2) is 17.7 Å². The van der Waals surface area contributed by atoms with E-state index in [9.17, 15) is 8.42 Å². The van der Waals surface area contributed by atoms with Gasteiger partial charge in [0.05, 0.1) is 10.4 Å². The fourth-order valence-electron chi connectivity index (χ4n) is 3.93. The molecule has 5 aromatic rings. The van der Waals surface area contributed by atoms with Gasteiger partial charge < -0.3 is 0 Å². The van der Waals surface area contributed by atoms with Gasteiger partial charge in [-0.25, -0.2) is 13.4 Å². The number of fused-ring (bicyclic) bond motifs is 2. The van der Waals surface area contributed by atoms with Crippen molar-refractivity contribution >= 4 is 43.3 Å². The van der Waals surface area contributed by atoms with Gasteiger partial charge >= 0.3 is 0 Å². The summed E-state index contributed by atoms with van der Waals surface area (Å²) >= 11 is 6.49.